The molecule has 4 nitrogen and oxygen atoms in total. The minimum absolute atomic E-state index is 0.000959. The summed E-state index contributed by atoms with van der Waals surface area (Å²) in [5.41, 5.74) is 1.14. The quantitative estimate of drug-likeness (QED) is 0.782. The first-order valence-corrected chi connectivity index (χ1v) is 7.47. The smallest absolute Gasteiger partial charge is 0.237 e. The number of carbonyl (C=O) groups excluding carboxylic acids is 1. The lowest BCUT2D eigenvalue weighted by atomic mass is 10.0. The molecule has 0 radical (unpaired) electrons. The predicted molar refractivity (Wildman–Crippen MR) is 79.9 cm³/mol. The Morgan fingerprint density at radius 1 is 1.40 bits per heavy atom. The van der Waals surface area contributed by atoms with Crippen LogP contribution in [0.3, 0.4) is 0 Å². The zero-order valence-corrected chi connectivity index (χ0v) is 12.2. The van der Waals surface area contributed by atoms with Crippen LogP contribution in [-0.4, -0.2) is 31.6 Å². The van der Waals surface area contributed by atoms with Gasteiger partial charge in [0, 0.05) is 6.54 Å². The summed E-state index contributed by atoms with van der Waals surface area (Å²) < 4.78 is 5.70. The molecule has 1 heterocycles. The average Bonchev–Trinajstić information content (AvgIpc) is 2.49. The lowest BCUT2D eigenvalue weighted by Gasteiger charge is -2.22. The van der Waals surface area contributed by atoms with Crippen LogP contribution in [0.5, 0.6) is 5.75 Å². The van der Waals surface area contributed by atoms with Gasteiger partial charge in [-0.15, -0.1) is 0 Å². The number of rotatable bonds is 6. The van der Waals surface area contributed by atoms with Gasteiger partial charge >= 0.3 is 0 Å². The molecule has 0 spiro atoms. The van der Waals surface area contributed by atoms with Crippen LogP contribution in [-0.2, 0) is 4.79 Å². The summed E-state index contributed by atoms with van der Waals surface area (Å²) in [6.07, 6.45) is 4.09. The van der Waals surface area contributed by atoms with Crippen molar-refractivity contribution in [2.45, 2.75) is 38.6 Å². The SMILES string of the molecule is Cc1ccccc1OCCCNC(=O)C1CCCCN1. The first kappa shape index (κ1) is 14.9. The van der Waals surface area contributed by atoms with E-state index in [2.05, 4.69) is 10.6 Å². The van der Waals surface area contributed by atoms with Gasteiger partial charge in [0.15, 0.2) is 0 Å². The first-order valence-electron chi connectivity index (χ1n) is 7.47. The van der Waals surface area contributed by atoms with Crippen molar-refractivity contribution >= 4 is 5.91 Å². The molecule has 1 aromatic rings. The first-order chi connectivity index (χ1) is 9.77. The van der Waals surface area contributed by atoms with E-state index < -0.39 is 0 Å². The number of aryl methyl sites for hydroxylation is 1. The van der Waals surface area contributed by atoms with Crippen molar-refractivity contribution in [1.29, 1.82) is 0 Å². The number of hydrogen-bond donors (Lipinski definition) is 2. The monoisotopic (exact) mass is 276 g/mol. The highest BCUT2D eigenvalue weighted by Crippen LogP contribution is 2.16. The second kappa shape index (κ2) is 7.90. The van der Waals surface area contributed by atoms with Crippen molar-refractivity contribution in [3.8, 4) is 5.75 Å². The van der Waals surface area contributed by atoms with Crippen LogP contribution in [0.25, 0.3) is 0 Å². The minimum atomic E-state index is 0.000959. The second-order valence-electron chi connectivity index (χ2n) is 5.26. The molecule has 2 N–H and O–H groups in total. The highest BCUT2D eigenvalue weighted by atomic mass is 16.5. The molecule has 1 aliphatic rings. The molecule has 1 amide bonds. The molecule has 0 saturated carbocycles. The Labute approximate surface area is 120 Å². The van der Waals surface area contributed by atoms with Gasteiger partial charge in [-0.3, -0.25) is 4.79 Å². The minimum Gasteiger partial charge on any atom is -0.493 e. The maximum absolute atomic E-state index is 11.9. The molecule has 1 atom stereocenters. The van der Waals surface area contributed by atoms with Crippen molar-refractivity contribution in [3.63, 3.8) is 0 Å². The van der Waals surface area contributed by atoms with E-state index in [0.29, 0.717) is 13.2 Å². The molecule has 0 bridgehead atoms. The fraction of sp³-hybridized carbons (Fsp3) is 0.562. The number of carbonyl (C=O) groups is 1. The van der Waals surface area contributed by atoms with Crippen molar-refractivity contribution in [3.05, 3.63) is 29.8 Å². The summed E-state index contributed by atoms with van der Waals surface area (Å²) in [4.78, 5) is 11.9. The molecule has 1 fully saturated rings. The van der Waals surface area contributed by atoms with Crippen molar-refractivity contribution in [1.82, 2.24) is 10.6 Å². The fourth-order valence-corrected chi connectivity index (χ4v) is 2.38. The maximum atomic E-state index is 11.9. The summed E-state index contributed by atoms with van der Waals surface area (Å²) in [5, 5.41) is 6.22. The van der Waals surface area contributed by atoms with Crippen LogP contribution >= 0.6 is 0 Å². The Bertz CT molecular complexity index is 428. The van der Waals surface area contributed by atoms with Crippen LogP contribution in [0, 0.1) is 6.92 Å². The molecule has 110 valence electrons. The van der Waals surface area contributed by atoms with Gasteiger partial charge in [-0.05, 0) is 44.4 Å². The van der Waals surface area contributed by atoms with Gasteiger partial charge in [0.1, 0.15) is 5.75 Å². The summed E-state index contributed by atoms with van der Waals surface area (Å²) >= 11 is 0. The summed E-state index contributed by atoms with van der Waals surface area (Å²) in [7, 11) is 0. The number of para-hydroxylation sites is 1. The van der Waals surface area contributed by atoms with Crippen LogP contribution in [0.1, 0.15) is 31.2 Å². The van der Waals surface area contributed by atoms with E-state index in [1.165, 1.54) is 6.42 Å². The van der Waals surface area contributed by atoms with Gasteiger partial charge in [-0.1, -0.05) is 24.6 Å². The highest BCUT2D eigenvalue weighted by Gasteiger charge is 2.19. The van der Waals surface area contributed by atoms with Crippen LogP contribution in [0.15, 0.2) is 24.3 Å². The number of hydrogen-bond acceptors (Lipinski definition) is 3. The second-order valence-corrected chi connectivity index (χ2v) is 5.26. The normalized spacial score (nSPS) is 18.6. The topological polar surface area (TPSA) is 50.4 Å². The third-order valence-corrected chi connectivity index (χ3v) is 3.60. The van der Waals surface area contributed by atoms with Crippen molar-refractivity contribution < 1.29 is 9.53 Å². The molecule has 0 aromatic heterocycles. The standard InChI is InChI=1S/C16H24N2O2/c1-13-7-2-3-9-15(13)20-12-6-11-18-16(19)14-8-4-5-10-17-14/h2-3,7,9,14,17H,4-6,8,10-12H2,1H3,(H,18,19). The van der Waals surface area contributed by atoms with Gasteiger partial charge in [-0.25, -0.2) is 0 Å². The van der Waals surface area contributed by atoms with Crippen molar-refractivity contribution in [2.75, 3.05) is 19.7 Å². The highest BCUT2D eigenvalue weighted by molar-refractivity contribution is 5.81. The Morgan fingerprint density at radius 2 is 2.25 bits per heavy atom. The molecule has 0 aliphatic carbocycles. The summed E-state index contributed by atoms with van der Waals surface area (Å²) in [6.45, 7) is 4.28. The molecule has 1 saturated heterocycles. The van der Waals surface area contributed by atoms with E-state index in [0.717, 1.165) is 37.1 Å². The van der Waals surface area contributed by atoms with E-state index in [1.54, 1.807) is 0 Å². The molecular weight excluding hydrogens is 252 g/mol. The number of amides is 1. The third kappa shape index (κ3) is 4.53. The van der Waals surface area contributed by atoms with E-state index >= 15 is 0 Å². The molecule has 20 heavy (non-hydrogen) atoms. The van der Waals surface area contributed by atoms with Crippen LogP contribution in [0.2, 0.25) is 0 Å². The van der Waals surface area contributed by atoms with Crippen LogP contribution in [0.4, 0.5) is 0 Å². The lowest BCUT2D eigenvalue weighted by Crippen LogP contribution is -2.46. The van der Waals surface area contributed by atoms with E-state index in [-0.39, 0.29) is 11.9 Å². The summed E-state index contributed by atoms with van der Waals surface area (Å²) in [6, 6.07) is 7.98. The van der Waals surface area contributed by atoms with Gasteiger partial charge in [-0.2, -0.15) is 0 Å². The van der Waals surface area contributed by atoms with Gasteiger partial charge in [0.2, 0.25) is 5.91 Å². The molecule has 2 rings (SSSR count). The number of ether oxygens (including phenoxy) is 1. The molecule has 1 unspecified atom stereocenters. The number of nitrogens with one attached hydrogen (secondary N) is 2. The van der Waals surface area contributed by atoms with Gasteiger partial charge < -0.3 is 15.4 Å². The van der Waals surface area contributed by atoms with Crippen molar-refractivity contribution in [2.24, 2.45) is 0 Å². The third-order valence-electron chi connectivity index (χ3n) is 3.60. The Kier molecular flexibility index (Phi) is 5.87. The fourth-order valence-electron chi connectivity index (χ4n) is 2.38. The number of benzene rings is 1. The lowest BCUT2D eigenvalue weighted by molar-refractivity contribution is -0.123. The predicted octanol–water partition coefficient (Wildman–Crippen LogP) is 2.02. The number of piperidine rings is 1. The van der Waals surface area contributed by atoms with E-state index in [9.17, 15) is 4.79 Å². The Morgan fingerprint density at radius 3 is 3.00 bits per heavy atom. The largest absolute Gasteiger partial charge is 0.493 e. The van der Waals surface area contributed by atoms with Gasteiger partial charge in [0.25, 0.3) is 0 Å². The zero-order valence-electron chi connectivity index (χ0n) is 12.2. The Balaban J connectivity index is 1.59. The molecule has 1 aromatic carbocycles. The molecular formula is C16H24N2O2. The maximum Gasteiger partial charge on any atom is 0.237 e. The van der Waals surface area contributed by atoms with E-state index in [4.69, 9.17) is 4.74 Å². The summed E-state index contributed by atoms with van der Waals surface area (Å²) in [5.74, 6) is 1.05. The van der Waals surface area contributed by atoms with Gasteiger partial charge in [0.05, 0.1) is 12.6 Å². The zero-order chi connectivity index (χ0) is 14.2. The van der Waals surface area contributed by atoms with Crippen LogP contribution < -0.4 is 15.4 Å². The molecule has 1 aliphatic heterocycles. The van der Waals surface area contributed by atoms with E-state index in [1.807, 2.05) is 31.2 Å². The average molecular weight is 276 g/mol. The molecule has 4 heteroatoms. The Hall–Kier alpha value is -1.55.